The molecule has 1 aromatic heterocycles. The molecule has 0 aliphatic carbocycles. The number of nitrogens with zero attached hydrogens (tertiary/aromatic N) is 3. The Morgan fingerprint density at radius 1 is 1.31 bits per heavy atom. The minimum atomic E-state index is -0.0190. The SMILES string of the molecule is C=C/C=C(/c1cc[c-]c(OC)c1)n1nc(C(=O)N2CCNCC2)cc1CCC.CC.[CH3-].[U+2]. The van der Waals surface area contributed by atoms with Gasteiger partial charge in [-0.2, -0.15) is 17.2 Å². The summed E-state index contributed by atoms with van der Waals surface area (Å²) in [5.41, 5.74) is 3.26. The molecule has 0 bridgehead atoms. The average Bonchev–Trinajstić information content (AvgIpc) is 3.22. The number of aromatic nitrogens is 2. The molecule has 1 N–H and O–H groups in total. The minimum Gasteiger partial charge on any atom is -0.523 e. The van der Waals surface area contributed by atoms with E-state index in [1.165, 1.54) is 0 Å². The maximum Gasteiger partial charge on any atom is 2.00 e. The fourth-order valence-electron chi connectivity index (χ4n) is 3.32. The van der Waals surface area contributed by atoms with Crippen molar-refractivity contribution in [3.05, 3.63) is 73.4 Å². The number of rotatable bonds is 7. The standard InChI is InChI=1S/C22H27N4O2.C2H6.CH3.U/c1-4-7-18-16-20(22(27)25-13-11-23-12-14-25)24-26(18)21(8-5-2)17-9-6-10-19(15-17)28-3;1-2;;/h5-6,8-9,15-16,23H,2,4,7,11-14H2,1,3H3;1-2H3;1H3;/q-1;;-1;+2/b21-8-;;;. The third-order valence-corrected chi connectivity index (χ3v) is 4.71. The van der Waals surface area contributed by atoms with Gasteiger partial charge < -0.3 is 22.4 Å². The second-order valence-electron chi connectivity index (χ2n) is 6.66. The van der Waals surface area contributed by atoms with Crippen molar-refractivity contribution in [3.63, 3.8) is 0 Å². The topological polar surface area (TPSA) is 59.4 Å². The number of carbonyl (C=O) groups excluding carboxylic acids is 1. The Balaban J connectivity index is 0.00000234. The molecule has 3 rings (SSSR count). The Bertz CT molecular complexity index is 871. The molecule has 172 valence electrons. The normalized spacial score (nSPS) is 13.1. The van der Waals surface area contributed by atoms with E-state index in [4.69, 9.17) is 9.84 Å². The summed E-state index contributed by atoms with van der Waals surface area (Å²) < 4.78 is 7.17. The maximum absolute atomic E-state index is 12.9. The second-order valence-corrected chi connectivity index (χ2v) is 6.66. The van der Waals surface area contributed by atoms with E-state index in [2.05, 4.69) is 24.9 Å². The number of carbonyl (C=O) groups is 1. The Labute approximate surface area is 217 Å². The number of piperazine rings is 1. The summed E-state index contributed by atoms with van der Waals surface area (Å²) in [6.45, 7) is 13.0. The molecule has 0 saturated carbocycles. The molecule has 0 spiro atoms. The summed E-state index contributed by atoms with van der Waals surface area (Å²) in [6, 6.07) is 10.6. The first-order chi connectivity index (χ1) is 14.7. The van der Waals surface area contributed by atoms with Crippen LogP contribution in [0.15, 0.2) is 43.0 Å². The van der Waals surface area contributed by atoms with Crippen LogP contribution in [0.3, 0.4) is 0 Å². The fourth-order valence-corrected chi connectivity index (χ4v) is 3.32. The molecule has 0 unspecified atom stereocenters. The van der Waals surface area contributed by atoms with Crippen LogP contribution in [-0.4, -0.2) is 53.9 Å². The van der Waals surface area contributed by atoms with Gasteiger partial charge in [-0.05, 0) is 18.6 Å². The van der Waals surface area contributed by atoms with Crippen molar-refractivity contribution in [2.45, 2.75) is 33.6 Å². The van der Waals surface area contributed by atoms with E-state index in [9.17, 15) is 4.79 Å². The third kappa shape index (κ3) is 7.65. The molecular formula is C25H36N4O2U. The molecule has 6 nitrogen and oxygen atoms in total. The number of allylic oxidation sites excluding steroid dienone is 2. The van der Waals surface area contributed by atoms with Crippen molar-refractivity contribution in [1.82, 2.24) is 20.0 Å². The van der Waals surface area contributed by atoms with Gasteiger partial charge in [-0.15, -0.1) is 17.7 Å². The third-order valence-electron chi connectivity index (χ3n) is 4.71. The van der Waals surface area contributed by atoms with Gasteiger partial charge in [0.1, 0.15) is 0 Å². The van der Waals surface area contributed by atoms with Crippen LogP contribution in [-0.2, 0) is 6.42 Å². The van der Waals surface area contributed by atoms with Gasteiger partial charge in [0.15, 0.2) is 5.69 Å². The number of aryl methyl sites for hydroxylation is 1. The molecule has 1 aliphatic rings. The van der Waals surface area contributed by atoms with Crippen molar-refractivity contribution >= 4 is 11.6 Å². The van der Waals surface area contributed by atoms with Gasteiger partial charge >= 0.3 is 31.1 Å². The van der Waals surface area contributed by atoms with Crippen LogP contribution in [0.1, 0.15) is 48.9 Å². The largest absolute Gasteiger partial charge is 2.00 e. The van der Waals surface area contributed by atoms with Crippen LogP contribution in [0.4, 0.5) is 0 Å². The number of ether oxygens (including phenoxy) is 1. The van der Waals surface area contributed by atoms with Gasteiger partial charge in [-0.1, -0.05) is 39.8 Å². The van der Waals surface area contributed by atoms with Crippen LogP contribution in [0.25, 0.3) is 5.70 Å². The molecule has 1 aliphatic heterocycles. The molecule has 1 saturated heterocycles. The molecule has 1 aromatic carbocycles. The molecule has 2 heterocycles. The van der Waals surface area contributed by atoms with Crippen LogP contribution in [0.2, 0.25) is 0 Å². The van der Waals surface area contributed by atoms with E-state index in [0.717, 1.165) is 42.9 Å². The van der Waals surface area contributed by atoms with Crippen LogP contribution >= 0.6 is 0 Å². The van der Waals surface area contributed by atoms with E-state index >= 15 is 0 Å². The number of hydrogen-bond donors (Lipinski definition) is 1. The number of benzene rings is 1. The molecular weight excluding hydrogens is 626 g/mol. The average molecular weight is 663 g/mol. The van der Waals surface area contributed by atoms with Crippen LogP contribution in [0, 0.1) is 44.6 Å². The number of amides is 1. The summed E-state index contributed by atoms with van der Waals surface area (Å²) in [7, 11) is 1.62. The molecule has 0 radical (unpaired) electrons. The Hall–Kier alpha value is -1.81. The van der Waals surface area contributed by atoms with E-state index in [1.807, 2.05) is 53.8 Å². The number of nitrogens with one attached hydrogen (secondary N) is 1. The number of hydrogen-bond acceptors (Lipinski definition) is 4. The van der Waals surface area contributed by atoms with Gasteiger partial charge in [-0.3, -0.25) is 4.79 Å². The summed E-state index contributed by atoms with van der Waals surface area (Å²) in [6.07, 6.45) is 5.42. The van der Waals surface area contributed by atoms with E-state index < -0.39 is 0 Å². The summed E-state index contributed by atoms with van der Waals surface area (Å²) in [5, 5.41) is 7.96. The summed E-state index contributed by atoms with van der Waals surface area (Å²) >= 11 is 0. The maximum atomic E-state index is 12.9. The summed E-state index contributed by atoms with van der Waals surface area (Å²) in [5.74, 6) is 0.628. The Morgan fingerprint density at radius 3 is 2.59 bits per heavy atom. The monoisotopic (exact) mass is 662 g/mol. The Morgan fingerprint density at radius 2 is 2.00 bits per heavy atom. The molecule has 1 fully saturated rings. The zero-order valence-corrected chi connectivity index (χ0v) is 24.2. The molecule has 32 heavy (non-hydrogen) atoms. The predicted octanol–water partition coefficient (Wildman–Crippen LogP) is 4.24. The van der Waals surface area contributed by atoms with E-state index in [1.54, 1.807) is 13.2 Å². The number of methoxy groups -OCH3 is 1. The minimum absolute atomic E-state index is 0. The molecule has 7 heteroatoms. The van der Waals surface area contributed by atoms with Crippen molar-refractivity contribution in [3.8, 4) is 5.75 Å². The van der Waals surface area contributed by atoms with Gasteiger partial charge in [0.2, 0.25) is 0 Å². The van der Waals surface area contributed by atoms with Crippen molar-refractivity contribution in [2.75, 3.05) is 33.3 Å². The van der Waals surface area contributed by atoms with Gasteiger partial charge in [0.25, 0.3) is 5.91 Å². The molecule has 1 amide bonds. The molecule has 0 atom stereocenters. The Kier molecular flexibility index (Phi) is 15.0. The van der Waals surface area contributed by atoms with Crippen molar-refractivity contribution < 1.29 is 40.6 Å². The fraction of sp³-hybridized carbons (Fsp3) is 0.400. The quantitative estimate of drug-likeness (QED) is 0.356. The first kappa shape index (κ1) is 30.2. The van der Waals surface area contributed by atoms with Crippen molar-refractivity contribution in [1.29, 1.82) is 0 Å². The predicted molar refractivity (Wildman–Crippen MR) is 128 cm³/mol. The first-order valence-electron chi connectivity index (χ1n) is 10.7. The summed E-state index contributed by atoms with van der Waals surface area (Å²) in [4.78, 5) is 14.8. The smallest absolute Gasteiger partial charge is 0.523 e. The first-order valence-corrected chi connectivity index (χ1v) is 10.7. The van der Waals surface area contributed by atoms with Crippen LogP contribution < -0.4 is 10.1 Å². The van der Waals surface area contributed by atoms with E-state index in [-0.39, 0.29) is 44.4 Å². The zero-order chi connectivity index (χ0) is 21.9. The second kappa shape index (κ2) is 15.9. The van der Waals surface area contributed by atoms with Crippen LogP contribution in [0.5, 0.6) is 5.75 Å². The molecule has 2 aromatic rings. The van der Waals surface area contributed by atoms with Gasteiger partial charge in [-0.25, -0.2) is 4.68 Å². The van der Waals surface area contributed by atoms with Gasteiger partial charge in [0.05, 0.1) is 7.11 Å². The zero-order valence-electron chi connectivity index (χ0n) is 20.1. The van der Waals surface area contributed by atoms with Crippen molar-refractivity contribution in [2.24, 2.45) is 0 Å². The van der Waals surface area contributed by atoms with E-state index in [0.29, 0.717) is 24.5 Å². The van der Waals surface area contributed by atoms with Gasteiger partial charge in [0, 0.05) is 43.3 Å².